The van der Waals surface area contributed by atoms with Crippen LogP contribution in [0.4, 0.5) is 13.2 Å². The van der Waals surface area contributed by atoms with Crippen LogP contribution in [0.15, 0.2) is 36.4 Å². The number of allylic oxidation sites excluding steroid dienone is 1. The summed E-state index contributed by atoms with van der Waals surface area (Å²) in [6.45, 7) is 2.18. The molecule has 1 saturated carbocycles. The number of rotatable bonds is 8. The van der Waals surface area contributed by atoms with Crippen LogP contribution < -0.4 is 4.74 Å². The zero-order valence-corrected chi connectivity index (χ0v) is 15.0. The monoisotopic (exact) mass is 354 g/mol. The highest BCUT2D eigenvalue weighted by Crippen LogP contribution is 2.38. The first kappa shape index (κ1) is 19.9. The molecular weight excluding hydrogens is 325 g/mol. The molecule has 1 aromatic carbocycles. The van der Waals surface area contributed by atoms with Crippen molar-refractivity contribution >= 4 is 0 Å². The molecule has 0 saturated heterocycles. The largest absolute Gasteiger partial charge is 0.490 e. The molecule has 2 rings (SSSR count). The number of hydrogen-bond donors (Lipinski definition) is 0. The lowest BCUT2D eigenvalue weighted by Crippen LogP contribution is -2.13. The minimum absolute atomic E-state index is 0.0677. The lowest BCUT2D eigenvalue weighted by atomic mass is 9.77. The maximum absolute atomic E-state index is 12.0. The number of hydrogen-bond acceptors (Lipinski definition) is 1. The van der Waals surface area contributed by atoms with Gasteiger partial charge in [0.25, 0.3) is 0 Å². The van der Waals surface area contributed by atoms with Crippen molar-refractivity contribution in [2.24, 2.45) is 5.92 Å². The lowest BCUT2D eigenvalue weighted by Gasteiger charge is -2.29. The Hall–Kier alpha value is -1.45. The fourth-order valence-electron chi connectivity index (χ4n) is 3.63. The summed E-state index contributed by atoms with van der Waals surface area (Å²) in [6, 6.07) is 7.85. The van der Waals surface area contributed by atoms with Crippen LogP contribution in [-0.2, 0) is 0 Å². The standard InChI is InChI=1S/C21H29F3O/c1-2-3-4-6-17-7-9-18(10-8-17)19-11-13-20(14-12-19)25-16-5-15-21(22,23)24/h5,11-15,17-18H,2-4,6-10,16H2,1H3/t17-,18-. The van der Waals surface area contributed by atoms with E-state index >= 15 is 0 Å². The van der Waals surface area contributed by atoms with E-state index in [1.807, 2.05) is 12.1 Å². The van der Waals surface area contributed by atoms with E-state index in [2.05, 4.69) is 19.1 Å². The number of ether oxygens (including phenoxy) is 1. The third kappa shape index (κ3) is 7.54. The summed E-state index contributed by atoms with van der Waals surface area (Å²) in [5.41, 5.74) is 1.32. The van der Waals surface area contributed by atoms with Crippen molar-refractivity contribution in [3.8, 4) is 5.75 Å². The molecule has 1 aliphatic rings. The molecule has 0 heterocycles. The second kappa shape index (κ2) is 9.88. The summed E-state index contributed by atoms with van der Waals surface area (Å²) in [5.74, 6) is 2.12. The first-order chi connectivity index (χ1) is 12.0. The first-order valence-corrected chi connectivity index (χ1v) is 9.45. The summed E-state index contributed by atoms with van der Waals surface area (Å²) in [4.78, 5) is 0. The number of halogens is 3. The Morgan fingerprint density at radius 1 is 1.04 bits per heavy atom. The quantitative estimate of drug-likeness (QED) is 0.359. The highest BCUT2D eigenvalue weighted by atomic mass is 19.4. The average Bonchev–Trinajstić information content (AvgIpc) is 2.59. The maximum atomic E-state index is 12.0. The normalized spacial score (nSPS) is 21.6. The summed E-state index contributed by atoms with van der Waals surface area (Å²) < 4.78 is 41.4. The minimum Gasteiger partial charge on any atom is -0.490 e. The van der Waals surface area contributed by atoms with Crippen molar-refractivity contribution in [2.45, 2.75) is 70.4 Å². The first-order valence-electron chi connectivity index (χ1n) is 9.45. The molecule has 0 radical (unpaired) electrons. The minimum atomic E-state index is -4.28. The summed E-state index contributed by atoms with van der Waals surface area (Å²) in [7, 11) is 0. The van der Waals surface area contributed by atoms with Crippen molar-refractivity contribution in [1.29, 1.82) is 0 Å². The third-order valence-corrected chi connectivity index (χ3v) is 5.07. The van der Waals surface area contributed by atoms with Crippen molar-refractivity contribution in [1.82, 2.24) is 0 Å². The van der Waals surface area contributed by atoms with E-state index in [1.165, 1.54) is 56.9 Å². The predicted octanol–water partition coefficient (Wildman–Crippen LogP) is 7.04. The smallest absolute Gasteiger partial charge is 0.409 e. The molecule has 0 amide bonds. The van der Waals surface area contributed by atoms with Gasteiger partial charge in [0.05, 0.1) is 0 Å². The van der Waals surface area contributed by atoms with Gasteiger partial charge in [-0.25, -0.2) is 0 Å². The topological polar surface area (TPSA) is 9.23 Å². The zero-order valence-electron chi connectivity index (χ0n) is 15.0. The highest BCUT2D eigenvalue weighted by Gasteiger charge is 2.22. The van der Waals surface area contributed by atoms with Crippen LogP contribution in [0.2, 0.25) is 0 Å². The van der Waals surface area contributed by atoms with E-state index < -0.39 is 6.18 Å². The summed E-state index contributed by atoms with van der Waals surface area (Å²) in [5, 5.41) is 0. The van der Waals surface area contributed by atoms with Crippen LogP contribution in [-0.4, -0.2) is 12.8 Å². The second-order valence-corrected chi connectivity index (χ2v) is 7.04. The Kier molecular flexibility index (Phi) is 7.86. The SMILES string of the molecule is CCCCC[C@H]1CC[C@H](c2ccc(OCC=CC(F)(F)F)cc2)CC1. The van der Waals surface area contributed by atoms with E-state index in [4.69, 9.17) is 4.74 Å². The fraction of sp³-hybridized carbons (Fsp3) is 0.619. The molecular formula is C21H29F3O. The van der Waals surface area contributed by atoms with Gasteiger partial charge in [-0.1, -0.05) is 44.7 Å². The van der Waals surface area contributed by atoms with Gasteiger partial charge in [-0.3, -0.25) is 0 Å². The van der Waals surface area contributed by atoms with Gasteiger partial charge in [-0.15, -0.1) is 0 Å². The highest BCUT2D eigenvalue weighted by molar-refractivity contribution is 5.29. The van der Waals surface area contributed by atoms with Crippen LogP contribution in [0.5, 0.6) is 5.75 Å². The molecule has 1 nitrogen and oxygen atoms in total. The fourth-order valence-corrected chi connectivity index (χ4v) is 3.63. The zero-order chi connectivity index (χ0) is 18.1. The van der Waals surface area contributed by atoms with Gasteiger partial charge in [0.1, 0.15) is 12.4 Å². The van der Waals surface area contributed by atoms with Crippen LogP contribution in [0.25, 0.3) is 0 Å². The third-order valence-electron chi connectivity index (χ3n) is 5.07. The van der Waals surface area contributed by atoms with E-state index in [0.717, 1.165) is 12.0 Å². The average molecular weight is 354 g/mol. The molecule has 1 fully saturated rings. The molecule has 0 bridgehead atoms. The van der Waals surface area contributed by atoms with Gasteiger partial charge < -0.3 is 4.74 Å². The molecule has 0 aliphatic heterocycles. The van der Waals surface area contributed by atoms with Gasteiger partial charge in [-0.2, -0.15) is 13.2 Å². The molecule has 4 heteroatoms. The Balaban J connectivity index is 1.74. The van der Waals surface area contributed by atoms with Crippen molar-refractivity contribution in [3.63, 3.8) is 0 Å². The molecule has 1 aromatic rings. The van der Waals surface area contributed by atoms with Crippen LogP contribution in [0, 0.1) is 5.92 Å². The van der Waals surface area contributed by atoms with Gasteiger partial charge in [-0.05, 0) is 61.3 Å². The van der Waals surface area contributed by atoms with Gasteiger partial charge in [0.2, 0.25) is 0 Å². The number of benzene rings is 1. The second-order valence-electron chi connectivity index (χ2n) is 7.04. The van der Waals surface area contributed by atoms with Gasteiger partial charge >= 0.3 is 6.18 Å². The summed E-state index contributed by atoms with van der Waals surface area (Å²) in [6.07, 6.45) is 7.41. The van der Waals surface area contributed by atoms with Crippen LogP contribution in [0.3, 0.4) is 0 Å². The Morgan fingerprint density at radius 2 is 1.72 bits per heavy atom. The molecule has 0 N–H and O–H groups in total. The van der Waals surface area contributed by atoms with E-state index in [9.17, 15) is 13.2 Å². The Morgan fingerprint density at radius 3 is 2.32 bits per heavy atom. The lowest BCUT2D eigenvalue weighted by molar-refractivity contribution is -0.0801. The Bertz CT molecular complexity index is 511. The maximum Gasteiger partial charge on any atom is 0.409 e. The molecule has 0 atom stereocenters. The molecule has 0 aromatic heterocycles. The molecule has 140 valence electrons. The summed E-state index contributed by atoms with van der Waals surface area (Å²) >= 11 is 0. The van der Waals surface area contributed by atoms with Crippen LogP contribution >= 0.6 is 0 Å². The number of unbranched alkanes of at least 4 members (excludes halogenated alkanes) is 2. The predicted molar refractivity (Wildman–Crippen MR) is 96.0 cm³/mol. The van der Waals surface area contributed by atoms with Crippen LogP contribution in [0.1, 0.15) is 69.8 Å². The van der Waals surface area contributed by atoms with Gasteiger partial charge in [0.15, 0.2) is 0 Å². The van der Waals surface area contributed by atoms with E-state index in [1.54, 1.807) is 0 Å². The molecule has 1 aliphatic carbocycles. The van der Waals surface area contributed by atoms with Gasteiger partial charge in [0, 0.05) is 6.08 Å². The number of alkyl halides is 3. The van der Waals surface area contributed by atoms with E-state index in [0.29, 0.717) is 11.7 Å². The van der Waals surface area contributed by atoms with Crippen molar-refractivity contribution in [2.75, 3.05) is 6.61 Å². The molecule has 0 unspecified atom stereocenters. The molecule has 25 heavy (non-hydrogen) atoms. The van der Waals surface area contributed by atoms with Crippen molar-refractivity contribution in [3.05, 3.63) is 42.0 Å². The van der Waals surface area contributed by atoms with E-state index in [-0.39, 0.29) is 12.7 Å². The van der Waals surface area contributed by atoms with Crippen molar-refractivity contribution < 1.29 is 17.9 Å². The molecule has 0 spiro atoms. The Labute approximate surface area is 149 Å².